The molecule has 0 aliphatic rings. The molecule has 76 heavy (non-hydrogen) atoms. The van der Waals surface area contributed by atoms with Crippen molar-refractivity contribution in [2.24, 2.45) is 0 Å². The summed E-state index contributed by atoms with van der Waals surface area (Å²) in [4.78, 5) is 0. The Morgan fingerprint density at radius 3 is 0.987 bits per heavy atom. The summed E-state index contributed by atoms with van der Waals surface area (Å²) in [6.07, 6.45) is 0. The summed E-state index contributed by atoms with van der Waals surface area (Å²) < 4.78 is 41.7. The first-order valence-electron chi connectivity index (χ1n) is 27.6. The molecule has 8 heteroatoms. The molecule has 0 saturated heterocycles. The molecule has 0 amide bonds. The average Bonchev–Trinajstić information content (AvgIpc) is 3.93. The Kier molecular flexibility index (Phi) is 11.2. The van der Waals surface area contributed by atoms with E-state index in [1.807, 2.05) is 0 Å². The van der Waals surface area contributed by atoms with E-state index in [2.05, 4.69) is 227 Å². The lowest BCUT2D eigenvalue weighted by Crippen LogP contribution is -2.20. The van der Waals surface area contributed by atoms with Crippen molar-refractivity contribution in [2.75, 3.05) is 0 Å². The first kappa shape index (κ1) is 52.8. The number of hydrogen-bond donors (Lipinski definition) is 0. The van der Waals surface area contributed by atoms with Gasteiger partial charge in [0.25, 0.3) is 0 Å². The summed E-state index contributed by atoms with van der Waals surface area (Å²) in [5.74, 6) is 0. The van der Waals surface area contributed by atoms with Gasteiger partial charge in [0.2, 0.25) is 11.2 Å². The van der Waals surface area contributed by atoms with E-state index in [4.69, 9.17) is 25.2 Å². The van der Waals surface area contributed by atoms with Crippen molar-refractivity contribution >= 4 is 81.9 Å². The van der Waals surface area contributed by atoms with Crippen LogP contribution in [0.2, 0.25) is 0 Å². The molecule has 0 N–H and O–H groups in total. The first-order valence-corrected chi connectivity index (χ1v) is 29.8. The second-order valence-corrected chi connectivity index (χ2v) is 32.6. The number of rotatable bonds is 3. The highest BCUT2D eigenvalue weighted by Crippen LogP contribution is 2.63. The predicted molar refractivity (Wildman–Crippen MR) is 325 cm³/mol. The van der Waals surface area contributed by atoms with Crippen LogP contribution in [0, 0.1) is 0 Å². The van der Waals surface area contributed by atoms with Gasteiger partial charge in [-0.2, -0.15) is 0 Å². The van der Waals surface area contributed by atoms with E-state index in [-0.39, 0.29) is 37.9 Å². The summed E-state index contributed by atoms with van der Waals surface area (Å²) in [6, 6.07) is 24.4. The summed E-state index contributed by atoms with van der Waals surface area (Å²) in [5, 5.41) is 6.44. The molecule has 0 fully saturated rings. The second-order valence-electron chi connectivity index (χ2n) is 30.6. The molecule has 0 radical (unpaired) electrons. The van der Waals surface area contributed by atoms with Gasteiger partial charge >= 0.3 is 16.1 Å². The Morgan fingerprint density at radius 1 is 0.276 bits per heavy atom. The van der Waals surface area contributed by atoms with Crippen molar-refractivity contribution in [3.63, 3.8) is 0 Å². The number of fused-ring (bicyclic) bond motifs is 3. The molecule has 0 spiro atoms. The van der Waals surface area contributed by atoms with Gasteiger partial charge in [-0.15, -0.1) is 0 Å². The van der Waals surface area contributed by atoms with Crippen LogP contribution in [0.15, 0.2) is 85.8 Å². The molecule has 7 aromatic carbocycles. The van der Waals surface area contributed by atoms with Crippen LogP contribution in [-0.4, -0.2) is 0 Å². The van der Waals surface area contributed by atoms with Crippen LogP contribution in [-0.2, 0) is 43.3 Å². The number of hydrogen-bond acceptors (Lipinski definition) is 6. The van der Waals surface area contributed by atoms with E-state index in [0.29, 0.717) is 16.7 Å². The molecule has 2 atom stereocenters. The molecule has 0 aliphatic heterocycles. The van der Waals surface area contributed by atoms with Crippen LogP contribution >= 0.6 is 16.1 Å². The van der Waals surface area contributed by atoms with Crippen molar-refractivity contribution < 1.29 is 25.2 Å². The summed E-state index contributed by atoms with van der Waals surface area (Å²) in [7, 11) is -3.69. The van der Waals surface area contributed by atoms with Crippen molar-refractivity contribution in [1.82, 2.24) is 0 Å². The average molecular weight is 1060 g/mol. The smallest absolute Gasteiger partial charge is 0.390 e. The van der Waals surface area contributed by atoms with E-state index < -0.39 is 21.5 Å². The van der Waals surface area contributed by atoms with E-state index in [1.165, 1.54) is 66.8 Å². The fourth-order valence-electron chi connectivity index (χ4n) is 12.3. The number of benzene rings is 6. The molecule has 0 aliphatic carbocycles. The molecular weight excluding hydrogens is 975 g/mol. The van der Waals surface area contributed by atoms with Gasteiger partial charge in [0.1, 0.15) is 11.2 Å². The minimum atomic E-state index is -1.97. The molecule has 5 aromatic heterocycles. The Morgan fingerprint density at radius 2 is 0.618 bits per heavy atom. The Hall–Kier alpha value is -5.28. The monoisotopic (exact) mass is 1060 g/mol. The summed E-state index contributed by atoms with van der Waals surface area (Å²) in [6.45, 7) is 56.2. The van der Waals surface area contributed by atoms with E-state index in [9.17, 15) is 0 Å². The maximum absolute atomic E-state index is 7.32. The van der Waals surface area contributed by atoms with Crippen LogP contribution in [0.1, 0.15) is 211 Å². The van der Waals surface area contributed by atoms with Crippen LogP contribution in [0.5, 0.6) is 0 Å². The molecular formula is C68H82O6P2. The van der Waals surface area contributed by atoms with Crippen LogP contribution in [0.3, 0.4) is 0 Å². The Labute approximate surface area is 452 Å². The SMILES string of the molecule is CC(C)(C)c1ccc(-c2c(-c3ccc(C(C)(C)C)cc3C(C)(C)C)c3c4cc5op(oc(c5C(C)(C)C)c4C(C)(C)C)oc4c5op6oc5c(o6)c5c(c2-c2ccc(C(C)(C)C)cc2C(C)(C)C)c3c45)c(C(C)(C)C)c1. The quantitative estimate of drug-likeness (QED) is 0.175. The van der Waals surface area contributed by atoms with Gasteiger partial charge in [0, 0.05) is 32.7 Å². The largest absolute Gasteiger partial charge is 0.453 e. The van der Waals surface area contributed by atoms with Gasteiger partial charge in [-0.3, -0.25) is 0 Å². The third kappa shape index (κ3) is 8.06. The molecule has 6 bridgehead atoms. The van der Waals surface area contributed by atoms with Gasteiger partial charge < -0.3 is 25.2 Å². The van der Waals surface area contributed by atoms with Crippen LogP contribution < -0.4 is 0 Å². The zero-order valence-corrected chi connectivity index (χ0v) is 51.9. The van der Waals surface area contributed by atoms with Crippen molar-refractivity contribution in [3.8, 4) is 33.4 Å². The first-order chi connectivity index (χ1) is 34.8. The highest BCUT2D eigenvalue weighted by atomic mass is 31.1. The summed E-state index contributed by atoms with van der Waals surface area (Å²) in [5.41, 5.74) is 19.4. The zero-order chi connectivity index (χ0) is 55.5. The van der Waals surface area contributed by atoms with E-state index >= 15 is 0 Å². The summed E-state index contributed by atoms with van der Waals surface area (Å²) >= 11 is 0. The molecule has 5 heterocycles. The van der Waals surface area contributed by atoms with Gasteiger partial charge in [-0.1, -0.05) is 221 Å². The predicted octanol–water partition coefficient (Wildman–Crippen LogP) is 23.3. The normalized spacial score (nSPS) is 14.8. The zero-order valence-electron chi connectivity index (χ0n) is 50.1. The fraction of sp³-hybridized carbons (Fsp3) is 0.471. The van der Waals surface area contributed by atoms with Crippen LogP contribution in [0.25, 0.3) is 99.2 Å². The van der Waals surface area contributed by atoms with Crippen molar-refractivity contribution in [1.29, 1.82) is 0 Å². The van der Waals surface area contributed by atoms with Crippen LogP contribution in [0.4, 0.5) is 0 Å². The molecule has 2 unspecified atom stereocenters. The van der Waals surface area contributed by atoms with Gasteiger partial charge in [0.05, 0.1) is 0 Å². The topological polar surface area (TPSA) is 78.8 Å². The lowest BCUT2D eigenvalue weighted by Gasteiger charge is -2.35. The Balaban J connectivity index is 1.59. The molecule has 400 valence electrons. The van der Waals surface area contributed by atoms with Gasteiger partial charge in [0.15, 0.2) is 11.2 Å². The maximum Gasteiger partial charge on any atom is 0.453 e. The lowest BCUT2D eigenvalue weighted by atomic mass is 9.68. The Bertz CT molecular complexity index is 4160. The highest BCUT2D eigenvalue weighted by Gasteiger charge is 2.41. The molecule has 12 rings (SSSR count). The highest BCUT2D eigenvalue weighted by molar-refractivity contribution is 7.27. The lowest BCUT2D eigenvalue weighted by molar-refractivity contribution is 0.505. The van der Waals surface area contributed by atoms with Crippen molar-refractivity contribution in [2.45, 2.75) is 209 Å². The second kappa shape index (κ2) is 16.2. The third-order valence-electron chi connectivity index (χ3n) is 16.2. The molecule has 6 nitrogen and oxygen atoms in total. The van der Waals surface area contributed by atoms with E-state index in [1.54, 1.807) is 0 Å². The minimum absolute atomic E-state index is 0.0859. The third-order valence-corrected chi connectivity index (χ3v) is 18.2. The van der Waals surface area contributed by atoms with E-state index in [0.717, 1.165) is 60.2 Å². The molecule has 12 aromatic rings. The van der Waals surface area contributed by atoms with Crippen molar-refractivity contribution in [3.05, 3.63) is 105 Å². The standard InChI is InChI=1S/C68H82O6P2/c1-61(2,3)35-25-28-38(42(31-35)64(10,11)12)46-47(39-29-26-36(62(4,5)6)32-43(39)65(13,14)15)49-41-34-45-55(68(22,23)24)58(54(41)67(19,20)21)72-75(69-45)70-56-53-51(49)50(52(53)57-60-59(56)73-76(71-57)74-60)48(46)40-30-27-37(63(7,8)9)33-44(40)66(16,17)18/h25-34H,1-24H3. The van der Waals surface area contributed by atoms with Gasteiger partial charge in [-0.25, -0.2) is 0 Å². The molecule has 0 saturated carbocycles. The minimum Gasteiger partial charge on any atom is -0.390 e. The maximum atomic E-state index is 7.32. The fourth-order valence-corrected chi connectivity index (χ4v) is 14.4. The van der Waals surface area contributed by atoms with Gasteiger partial charge in [-0.05, 0) is 127 Å².